The molecule has 4 heteroatoms. The highest BCUT2D eigenvalue weighted by Gasteiger charge is 2.28. The standard InChI is InChI=1S/C15H21N3S/c1-9-4-5-13(11(3)6-9)18-14-12(17-15(18)19)7-10(2)8-16-14/h7-9,11,13H,4-6H2,1-3H3,(H,17,19). The van der Waals surface area contributed by atoms with Gasteiger partial charge in [-0.3, -0.25) is 4.57 Å². The van der Waals surface area contributed by atoms with Crippen LogP contribution >= 0.6 is 12.2 Å². The van der Waals surface area contributed by atoms with Gasteiger partial charge >= 0.3 is 0 Å². The number of aryl methyl sites for hydroxylation is 1. The van der Waals surface area contributed by atoms with Gasteiger partial charge in [0.05, 0.1) is 5.52 Å². The van der Waals surface area contributed by atoms with E-state index in [0.717, 1.165) is 21.9 Å². The van der Waals surface area contributed by atoms with Crippen LogP contribution in [0.3, 0.4) is 0 Å². The van der Waals surface area contributed by atoms with Gasteiger partial charge in [-0.1, -0.05) is 13.8 Å². The molecule has 3 unspecified atom stereocenters. The van der Waals surface area contributed by atoms with Crippen molar-refractivity contribution in [2.24, 2.45) is 11.8 Å². The van der Waals surface area contributed by atoms with E-state index in [4.69, 9.17) is 12.2 Å². The number of aromatic nitrogens is 3. The number of rotatable bonds is 1. The second kappa shape index (κ2) is 4.75. The van der Waals surface area contributed by atoms with Gasteiger partial charge in [0, 0.05) is 12.2 Å². The molecule has 1 fully saturated rings. The molecule has 1 saturated carbocycles. The summed E-state index contributed by atoms with van der Waals surface area (Å²) in [4.78, 5) is 7.91. The first-order valence-electron chi connectivity index (χ1n) is 7.13. The van der Waals surface area contributed by atoms with Crippen molar-refractivity contribution in [3.8, 4) is 0 Å². The van der Waals surface area contributed by atoms with Gasteiger partial charge in [-0.2, -0.15) is 0 Å². The second-order valence-corrected chi connectivity index (χ2v) is 6.53. The third-order valence-electron chi connectivity index (χ3n) is 4.41. The maximum Gasteiger partial charge on any atom is 0.179 e. The summed E-state index contributed by atoms with van der Waals surface area (Å²) in [6.07, 6.45) is 5.71. The zero-order valence-electron chi connectivity index (χ0n) is 11.8. The summed E-state index contributed by atoms with van der Waals surface area (Å²) in [5, 5.41) is 0. The lowest BCUT2D eigenvalue weighted by Crippen LogP contribution is -2.25. The minimum Gasteiger partial charge on any atom is -0.329 e. The molecule has 0 spiro atoms. The Hall–Kier alpha value is -1.16. The predicted molar refractivity (Wildman–Crippen MR) is 80.9 cm³/mol. The van der Waals surface area contributed by atoms with E-state index in [9.17, 15) is 0 Å². The molecular formula is C15H21N3S. The molecule has 0 bridgehead atoms. The van der Waals surface area contributed by atoms with Gasteiger partial charge in [0.25, 0.3) is 0 Å². The Morgan fingerprint density at radius 2 is 2.16 bits per heavy atom. The van der Waals surface area contributed by atoms with Crippen LogP contribution in [-0.2, 0) is 0 Å². The highest BCUT2D eigenvalue weighted by Crippen LogP contribution is 2.38. The van der Waals surface area contributed by atoms with E-state index in [1.54, 1.807) is 0 Å². The Balaban J connectivity index is 2.09. The van der Waals surface area contributed by atoms with Crippen LogP contribution in [0.4, 0.5) is 0 Å². The average Bonchev–Trinajstić information content (AvgIpc) is 2.65. The molecule has 3 atom stereocenters. The minimum atomic E-state index is 0.493. The molecule has 0 radical (unpaired) electrons. The fraction of sp³-hybridized carbons (Fsp3) is 0.600. The Labute approximate surface area is 119 Å². The number of hydrogen-bond acceptors (Lipinski definition) is 2. The summed E-state index contributed by atoms with van der Waals surface area (Å²) in [5.41, 5.74) is 3.25. The molecule has 0 saturated heterocycles. The van der Waals surface area contributed by atoms with Crippen LogP contribution < -0.4 is 0 Å². The smallest absolute Gasteiger partial charge is 0.179 e. The first-order chi connectivity index (χ1) is 9.06. The summed E-state index contributed by atoms with van der Waals surface area (Å²) < 4.78 is 3.07. The maximum atomic E-state index is 5.53. The Bertz CT molecular complexity index is 655. The van der Waals surface area contributed by atoms with Crippen LogP contribution in [-0.4, -0.2) is 14.5 Å². The first kappa shape index (κ1) is 12.9. The largest absolute Gasteiger partial charge is 0.329 e. The van der Waals surface area contributed by atoms with Gasteiger partial charge in [0.15, 0.2) is 10.4 Å². The fourth-order valence-electron chi connectivity index (χ4n) is 3.46. The molecule has 2 aromatic rings. The molecular weight excluding hydrogens is 254 g/mol. The van der Waals surface area contributed by atoms with E-state index in [0.29, 0.717) is 12.0 Å². The van der Waals surface area contributed by atoms with Gasteiger partial charge in [-0.15, -0.1) is 0 Å². The van der Waals surface area contributed by atoms with Crippen molar-refractivity contribution in [3.05, 3.63) is 22.6 Å². The second-order valence-electron chi connectivity index (χ2n) is 6.15. The monoisotopic (exact) mass is 275 g/mol. The van der Waals surface area contributed by atoms with Crippen LogP contribution in [0.25, 0.3) is 11.2 Å². The van der Waals surface area contributed by atoms with Gasteiger partial charge in [0.2, 0.25) is 0 Å². The van der Waals surface area contributed by atoms with Gasteiger partial charge in [0.1, 0.15) is 0 Å². The van der Waals surface area contributed by atoms with Crippen molar-refractivity contribution < 1.29 is 0 Å². The highest BCUT2D eigenvalue weighted by atomic mass is 32.1. The summed E-state index contributed by atoms with van der Waals surface area (Å²) in [6.45, 7) is 6.75. The van der Waals surface area contributed by atoms with E-state index >= 15 is 0 Å². The third-order valence-corrected chi connectivity index (χ3v) is 4.71. The molecule has 19 heavy (non-hydrogen) atoms. The topological polar surface area (TPSA) is 33.6 Å². The molecule has 2 aromatic heterocycles. The number of nitrogens with one attached hydrogen (secondary N) is 1. The van der Waals surface area contributed by atoms with Crippen LogP contribution in [0.1, 0.15) is 44.7 Å². The molecule has 1 N–H and O–H groups in total. The van der Waals surface area contributed by atoms with Gasteiger partial charge in [-0.05, 0) is 61.9 Å². The lowest BCUT2D eigenvalue weighted by Gasteiger charge is -2.33. The number of fused-ring (bicyclic) bond motifs is 1. The number of pyridine rings is 1. The number of nitrogens with zero attached hydrogens (tertiary/aromatic N) is 2. The van der Waals surface area contributed by atoms with E-state index in [1.807, 2.05) is 6.20 Å². The third kappa shape index (κ3) is 2.22. The van der Waals surface area contributed by atoms with E-state index in [-0.39, 0.29) is 0 Å². The summed E-state index contributed by atoms with van der Waals surface area (Å²) >= 11 is 5.53. The Morgan fingerprint density at radius 1 is 1.37 bits per heavy atom. The summed E-state index contributed by atoms with van der Waals surface area (Å²) in [6, 6.07) is 2.62. The van der Waals surface area contributed by atoms with Gasteiger partial charge < -0.3 is 4.98 Å². The molecule has 0 aromatic carbocycles. The summed E-state index contributed by atoms with van der Waals surface area (Å²) in [5.74, 6) is 1.50. The van der Waals surface area contributed by atoms with Crippen molar-refractivity contribution in [1.29, 1.82) is 0 Å². The first-order valence-corrected chi connectivity index (χ1v) is 7.54. The number of imidazole rings is 1. The number of hydrogen-bond donors (Lipinski definition) is 1. The van der Waals surface area contributed by atoms with Crippen molar-refractivity contribution in [1.82, 2.24) is 14.5 Å². The molecule has 102 valence electrons. The lowest BCUT2D eigenvalue weighted by atomic mass is 9.80. The van der Waals surface area contributed by atoms with Crippen molar-refractivity contribution in [2.45, 2.75) is 46.1 Å². The predicted octanol–water partition coefficient (Wildman–Crippen LogP) is 4.40. The molecule has 2 heterocycles. The van der Waals surface area contributed by atoms with Crippen molar-refractivity contribution >= 4 is 23.4 Å². The van der Waals surface area contributed by atoms with Crippen LogP contribution in [0.15, 0.2) is 12.3 Å². The minimum absolute atomic E-state index is 0.493. The lowest BCUT2D eigenvalue weighted by molar-refractivity contribution is 0.209. The van der Waals surface area contributed by atoms with E-state index in [2.05, 4.69) is 41.4 Å². The fourth-order valence-corrected chi connectivity index (χ4v) is 3.79. The van der Waals surface area contributed by atoms with E-state index in [1.165, 1.54) is 24.8 Å². The number of H-pyrrole nitrogens is 1. The average molecular weight is 275 g/mol. The van der Waals surface area contributed by atoms with E-state index < -0.39 is 0 Å². The quantitative estimate of drug-likeness (QED) is 0.783. The zero-order chi connectivity index (χ0) is 13.6. The highest BCUT2D eigenvalue weighted by molar-refractivity contribution is 7.71. The molecule has 0 aliphatic heterocycles. The molecule has 3 rings (SSSR count). The van der Waals surface area contributed by atoms with Crippen LogP contribution in [0.2, 0.25) is 0 Å². The maximum absolute atomic E-state index is 5.53. The Kier molecular flexibility index (Phi) is 3.21. The van der Waals surface area contributed by atoms with Crippen molar-refractivity contribution in [2.75, 3.05) is 0 Å². The number of aromatic amines is 1. The Morgan fingerprint density at radius 3 is 2.89 bits per heavy atom. The molecule has 1 aliphatic carbocycles. The van der Waals surface area contributed by atoms with Crippen LogP contribution in [0, 0.1) is 23.5 Å². The molecule has 3 nitrogen and oxygen atoms in total. The normalized spacial score (nSPS) is 27.8. The zero-order valence-corrected chi connectivity index (χ0v) is 12.6. The SMILES string of the molecule is Cc1cnc2c(c1)[nH]c(=S)n2C1CCC(C)CC1C. The molecule has 1 aliphatic rings. The van der Waals surface area contributed by atoms with Crippen molar-refractivity contribution in [3.63, 3.8) is 0 Å². The van der Waals surface area contributed by atoms with Gasteiger partial charge in [-0.25, -0.2) is 4.98 Å². The van der Waals surface area contributed by atoms with Crippen LogP contribution in [0.5, 0.6) is 0 Å². The molecule has 0 amide bonds. The summed E-state index contributed by atoms with van der Waals surface area (Å²) in [7, 11) is 0.